The fraction of sp³-hybridized carbons (Fsp3) is 0.0833. The molecule has 0 N–H and O–H groups in total. The Morgan fingerprint density at radius 3 is 2.59 bits per heavy atom. The first-order valence-corrected chi connectivity index (χ1v) is 11.1. The number of rotatable bonds is 7. The van der Waals surface area contributed by atoms with Crippen LogP contribution in [0.3, 0.4) is 0 Å². The molecule has 3 aromatic carbocycles. The van der Waals surface area contributed by atoms with Crippen LogP contribution in [0.2, 0.25) is 5.02 Å². The van der Waals surface area contributed by atoms with Crippen molar-refractivity contribution >= 4 is 52.0 Å². The largest absolute Gasteiger partial charge is 0.495 e. The normalized spacial score (nSPS) is 14.5. The SMILES string of the molecule is COc1ccccc1N1C(=O)S/C(=C\c2ccc(OCc3cccc([N+](=O)[O-])c3)c(Cl)c2)C1=O. The third kappa shape index (κ3) is 4.90. The number of hydrogen-bond donors (Lipinski definition) is 0. The van der Waals surface area contributed by atoms with Gasteiger partial charge in [0.05, 0.1) is 27.6 Å². The summed E-state index contributed by atoms with van der Waals surface area (Å²) in [6, 6.07) is 17.9. The molecule has 172 valence electrons. The summed E-state index contributed by atoms with van der Waals surface area (Å²) >= 11 is 7.17. The van der Waals surface area contributed by atoms with E-state index in [2.05, 4.69) is 0 Å². The van der Waals surface area contributed by atoms with E-state index in [0.29, 0.717) is 33.3 Å². The molecule has 0 radical (unpaired) electrons. The molecular formula is C24H17ClN2O6S. The first-order valence-electron chi connectivity index (χ1n) is 9.94. The predicted octanol–water partition coefficient (Wildman–Crippen LogP) is 6.08. The number of carbonyl (C=O) groups is 2. The van der Waals surface area contributed by atoms with Gasteiger partial charge in [-0.3, -0.25) is 19.7 Å². The zero-order valence-corrected chi connectivity index (χ0v) is 19.3. The van der Waals surface area contributed by atoms with Crippen LogP contribution in [0.25, 0.3) is 6.08 Å². The van der Waals surface area contributed by atoms with Crippen molar-refractivity contribution in [3.05, 3.63) is 97.9 Å². The molecule has 10 heteroatoms. The Labute approximate surface area is 203 Å². The van der Waals surface area contributed by atoms with Crippen molar-refractivity contribution in [2.75, 3.05) is 12.0 Å². The maximum absolute atomic E-state index is 12.9. The number of nitro benzene ring substituents is 1. The molecule has 1 aliphatic rings. The summed E-state index contributed by atoms with van der Waals surface area (Å²) in [6.45, 7) is 0.0958. The van der Waals surface area contributed by atoms with Crippen LogP contribution in [-0.4, -0.2) is 23.2 Å². The predicted molar refractivity (Wildman–Crippen MR) is 130 cm³/mol. The van der Waals surface area contributed by atoms with Crippen molar-refractivity contribution in [1.82, 2.24) is 0 Å². The average molecular weight is 497 g/mol. The summed E-state index contributed by atoms with van der Waals surface area (Å²) in [6.07, 6.45) is 1.58. The number of para-hydroxylation sites is 2. The number of imide groups is 1. The molecule has 4 rings (SSSR count). The van der Waals surface area contributed by atoms with Gasteiger partial charge in [-0.05, 0) is 53.2 Å². The fourth-order valence-corrected chi connectivity index (χ4v) is 4.36. The molecule has 0 saturated carbocycles. The molecule has 1 heterocycles. The van der Waals surface area contributed by atoms with E-state index in [1.807, 2.05) is 0 Å². The van der Waals surface area contributed by atoms with E-state index in [1.54, 1.807) is 60.7 Å². The number of benzene rings is 3. The molecule has 0 atom stereocenters. The van der Waals surface area contributed by atoms with E-state index in [4.69, 9.17) is 21.1 Å². The van der Waals surface area contributed by atoms with Gasteiger partial charge in [0, 0.05) is 12.1 Å². The Hall–Kier alpha value is -3.82. The first-order chi connectivity index (χ1) is 16.4. The lowest BCUT2D eigenvalue weighted by Gasteiger charge is -2.15. The zero-order chi connectivity index (χ0) is 24.2. The quantitative estimate of drug-likeness (QED) is 0.222. The lowest BCUT2D eigenvalue weighted by molar-refractivity contribution is -0.384. The lowest BCUT2D eigenvalue weighted by atomic mass is 10.2. The monoisotopic (exact) mass is 496 g/mol. The van der Waals surface area contributed by atoms with Crippen LogP contribution in [0.5, 0.6) is 11.5 Å². The van der Waals surface area contributed by atoms with Crippen LogP contribution in [0.1, 0.15) is 11.1 Å². The maximum atomic E-state index is 12.9. The van der Waals surface area contributed by atoms with Crippen LogP contribution >= 0.6 is 23.4 Å². The minimum Gasteiger partial charge on any atom is -0.495 e. The lowest BCUT2D eigenvalue weighted by Crippen LogP contribution is -2.28. The van der Waals surface area contributed by atoms with Gasteiger partial charge in [0.1, 0.15) is 18.1 Å². The number of nitrogens with zero attached hydrogens (tertiary/aromatic N) is 2. The number of non-ortho nitro benzene ring substituents is 1. The third-order valence-electron chi connectivity index (χ3n) is 4.89. The van der Waals surface area contributed by atoms with Crippen molar-refractivity contribution < 1.29 is 24.0 Å². The van der Waals surface area contributed by atoms with Crippen LogP contribution in [-0.2, 0) is 11.4 Å². The molecular weight excluding hydrogens is 480 g/mol. The summed E-state index contributed by atoms with van der Waals surface area (Å²) in [5.41, 5.74) is 1.58. The maximum Gasteiger partial charge on any atom is 0.298 e. The van der Waals surface area contributed by atoms with Crippen molar-refractivity contribution in [2.24, 2.45) is 0 Å². The number of amides is 2. The molecule has 0 aromatic heterocycles. The second-order valence-corrected chi connectivity index (χ2v) is 8.49. The molecule has 1 saturated heterocycles. The van der Waals surface area contributed by atoms with Gasteiger partial charge >= 0.3 is 0 Å². The number of thioether (sulfide) groups is 1. The summed E-state index contributed by atoms with van der Waals surface area (Å²) in [5, 5.41) is 10.8. The molecule has 1 aliphatic heterocycles. The number of ether oxygens (including phenoxy) is 2. The number of carbonyl (C=O) groups excluding carboxylic acids is 2. The molecule has 3 aromatic rings. The highest BCUT2D eigenvalue weighted by atomic mass is 35.5. The molecule has 0 aliphatic carbocycles. The Kier molecular flexibility index (Phi) is 6.85. The summed E-state index contributed by atoms with van der Waals surface area (Å²) in [4.78, 5) is 37.2. The van der Waals surface area contributed by atoms with E-state index in [-0.39, 0.29) is 17.2 Å². The Bertz CT molecular complexity index is 1330. The van der Waals surface area contributed by atoms with Gasteiger partial charge < -0.3 is 9.47 Å². The molecule has 2 amide bonds. The molecule has 0 unspecified atom stereocenters. The van der Waals surface area contributed by atoms with Gasteiger partial charge in [-0.1, -0.05) is 41.9 Å². The minimum atomic E-state index is -0.471. The molecule has 0 bridgehead atoms. The summed E-state index contributed by atoms with van der Waals surface area (Å²) < 4.78 is 11.0. The highest BCUT2D eigenvalue weighted by Crippen LogP contribution is 2.40. The average Bonchev–Trinajstić information content (AvgIpc) is 3.11. The standard InChI is InChI=1S/C24H17ClN2O6S/c1-32-21-8-3-2-7-19(21)26-23(28)22(34-24(26)29)13-15-9-10-20(18(25)12-15)33-14-16-5-4-6-17(11-16)27(30)31/h2-13H,14H2,1H3/b22-13-. The summed E-state index contributed by atoms with van der Waals surface area (Å²) in [7, 11) is 1.47. The second-order valence-electron chi connectivity index (χ2n) is 7.09. The van der Waals surface area contributed by atoms with Crippen molar-refractivity contribution in [1.29, 1.82) is 0 Å². The number of methoxy groups -OCH3 is 1. The van der Waals surface area contributed by atoms with E-state index in [0.717, 1.165) is 16.7 Å². The number of halogens is 1. The topological polar surface area (TPSA) is 99.0 Å². The van der Waals surface area contributed by atoms with Crippen LogP contribution in [0.4, 0.5) is 16.2 Å². The second kappa shape index (κ2) is 9.98. The highest BCUT2D eigenvalue weighted by molar-refractivity contribution is 8.19. The number of nitro groups is 1. The first kappa shape index (κ1) is 23.3. The molecule has 8 nitrogen and oxygen atoms in total. The Morgan fingerprint density at radius 1 is 1.06 bits per heavy atom. The van der Waals surface area contributed by atoms with Crippen molar-refractivity contribution in [3.8, 4) is 11.5 Å². The zero-order valence-electron chi connectivity index (χ0n) is 17.8. The highest BCUT2D eigenvalue weighted by Gasteiger charge is 2.37. The van der Waals surface area contributed by atoms with Crippen molar-refractivity contribution in [3.63, 3.8) is 0 Å². The van der Waals surface area contributed by atoms with Gasteiger partial charge in [-0.25, -0.2) is 4.90 Å². The smallest absolute Gasteiger partial charge is 0.298 e. The van der Waals surface area contributed by atoms with Crippen LogP contribution in [0, 0.1) is 10.1 Å². The minimum absolute atomic E-state index is 0.0235. The van der Waals surface area contributed by atoms with Gasteiger partial charge in [0.15, 0.2) is 0 Å². The Balaban J connectivity index is 1.50. The van der Waals surface area contributed by atoms with Gasteiger partial charge in [0.25, 0.3) is 16.8 Å². The third-order valence-corrected chi connectivity index (χ3v) is 6.05. The number of hydrogen-bond acceptors (Lipinski definition) is 7. The Morgan fingerprint density at radius 2 is 1.85 bits per heavy atom. The van der Waals surface area contributed by atoms with E-state index in [1.165, 1.54) is 19.2 Å². The van der Waals surface area contributed by atoms with Gasteiger partial charge in [-0.15, -0.1) is 0 Å². The van der Waals surface area contributed by atoms with Crippen LogP contribution in [0.15, 0.2) is 71.6 Å². The van der Waals surface area contributed by atoms with Gasteiger partial charge in [-0.2, -0.15) is 0 Å². The van der Waals surface area contributed by atoms with E-state index >= 15 is 0 Å². The van der Waals surface area contributed by atoms with E-state index < -0.39 is 16.1 Å². The summed E-state index contributed by atoms with van der Waals surface area (Å²) in [5.74, 6) is 0.341. The number of anilines is 1. The van der Waals surface area contributed by atoms with E-state index in [9.17, 15) is 19.7 Å². The molecule has 1 fully saturated rings. The van der Waals surface area contributed by atoms with Crippen molar-refractivity contribution in [2.45, 2.75) is 6.61 Å². The molecule has 34 heavy (non-hydrogen) atoms. The van der Waals surface area contributed by atoms with Gasteiger partial charge in [0.2, 0.25) is 0 Å². The van der Waals surface area contributed by atoms with Crippen LogP contribution < -0.4 is 14.4 Å². The molecule has 0 spiro atoms. The fourth-order valence-electron chi connectivity index (χ4n) is 3.29.